The van der Waals surface area contributed by atoms with E-state index in [9.17, 15) is 48.9 Å². The number of carbonyl (C=O) groups excluding carboxylic acids is 4. The highest BCUT2D eigenvalue weighted by Crippen LogP contribution is 2.22. The standard InChI is InChI=1S/C22H36N6O11S2/c1-11(4-3-5-25-22(23)24)18(34)26-13(8-16(30)31)19(35)27-14(9-17(32)33)20(36)28-15(21(37)38)10-41-40-7-6-39-12(2)29/h11,13-15H,3-10H2,1-2H3,(H,26,34)(H,27,35)(H,28,36)(H,30,31)(H,32,33)(H,37,38)(H4,23,24,25)/t11-,13-,14-,15-/m0/s1. The lowest BCUT2D eigenvalue weighted by molar-refractivity contribution is -0.144. The molecule has 0 radical (unpaired) electrons. The number of carbonyl (C=O) groups is 7. The van der Waals surface area contributed by atoms with Gasteiger partial charge in [0, 0.05) is 30.9 Å². The second-order valence-electron chi connectivity index (χ2n) is 8.55. The zero-order valence-corrected chi connectivity index (χ0v) is 24.1. The van der Waals surface area contributed by atoms with Gasteiger partial charge in [0.1, 0.15) is 24.7 Å². The summed E-state index contributed by atoms with van der Waals surface area (Å²) in [5.41, 5.74) is 5.18. The molecule has 0 aliphatic rings. The summed E-state index contributed by atoms with van der Waals surface area (Å²) >= 11 is 0. The Balaban J connectivity index is 5.30. The van der Waals surface area contributed by atoms with E-state index < -0.39 is 78.5 Å². The highest BCUT2D eigenvalue weighted by Gasteiger charge is 2.32. The molecule has 19 heteroatoms. The Morgan fingerprint density at radius 1 is 0.854 bits per heavy atom. The molecule has 0 saturated carbocycles. The quantitative estimate of drug-likeness (QED) is 0.0226. The third kappa shape index (κ3) is 18.3. The molecule has 41 heavy (non-hydrogen) atoms. The average Bonchev–Trinajstić information content (AvgIpc) is 2.85. The van der Waals surface area contributed by atoms with Crippen molar-refractivity contribution in [1.82, 2.24) is 21.3 Å². The Hall–Kier alpha value is -3.74. The highest BCUT2D eigenvalue weighted by molar-refractivity contribution is 8.76. The first-order chi connectivity index (χ1) is 19.1. The number of guanidine groups is 1. The second-order valence-corrected chi connectivity index (χ2v) is 11.2. The van der Waals surface area contributed by atoms with Crippen molar-refractivity contribution in [3.63, 3.8) is 0 Å². The Kier molecular flexibility index (Phi) is 18.3. The summed E-state index contributed by atoms with van der Waals surface area (Å²) in [5, 5.41) is 44.0. The fourth-order valence-electron chi connectivity index (χ4n) is 2.96. The van der Waals surface area contributed by atoms with Crippen LogP contribution in [0.3, 0.4) is 0 Å². The van der Waals surface area contributed by atoms with E-state index in [2.05, 4.69) is 21.3 Å². The van der Waals surface area contributed by atoms with Crippen LogP contribution in [0.5, 0.6) is 0 Å². The molecule has 232 valence electrons. The number of ether oxygens (including phenoxy) is 1. The van der Waals surface area contributed by atoms with Gasteiger partial charge in [-0.1, -0.05) is 28.5 Å². The predicted molar refractivity (Wildman–Crippen MR) is 148 cm³/mol. The van der Waals surface area contributed by atoms with Crippen LogP contribution in [-0.4, -0.2) is 106 Å². The molecule has 0 aromatic heterocycles. The number of esters is 1. The lowest BCUT2D eigenvalue weighted by Gasteiger charge is -2.24. The molecular formula is C22H36N6O11S2. The smallest absolute Gasteiger partial charge is 0.327 e. The van der Waals surface area contributed by atoms with Crippen molar-refractivity contribution in [2.45, 2.75) is 57.7 Å². The number of aliphatic carboxylic acids is 3. The molecular weight excluding hydrogens is 588 g/mol. The van der Waals surface area contributed by atoms with Gasteiger partial charge in [0.25, 0.3) is 0 Å². The molecule has 0 aromatic rings. The summed E-state index contributed by atoms with van der Waals surface area (Å²) in [4.78, 5) is 83.2. The minimum atomic E-state index is -1.79. The van der Waals surface area contributed by atoms with Gasteiger partial charge in [0.05, 0.1) is 12.8 Å². The van der Waals surface area contributed by atoms with Crippen LogP contribution in [-0.2, 0) is 38.3 Å². The van der Waals surface area contributed by atoms with Gasteiger partial charge in [-0.2, -0.15) is 0 Å². The van der Waals surface area contributed by atoms with Crippen molar-refractivity contribution in [3.05, 3.63) is 0 Å². The largest absolute Gasteiger partial charge is 0.481 e. The fourth-order valence-corrected chi connectivity index (χ4v) is 4.94. The summed E-state index contributed by atoms with van der Waals surface area (Å²) in [5.74, 6) is -8.61. The van der Waals surface area contributed by atoms with Crippen LogP contribution in [0, 0.1) is 11.3 Å². The zero-order valence-electron chi connectivity index (χ0n) is 22.5. The maximum absolute atomic E-state index is 12.8. The third-order valence-corrected chi connectivity index (χ3v) is 7.38. The fraction of sp³-hybridized carbons (Fsp3) is 0.636. The summed E-state index contributed by atoms with van der Waals surface area (Å²) in [7, 11) is 2.21. The molecule has 0 aromatic carbocycles. The molecule has 0 unspecified atom stereocenters. The molecule has 0 fully saturated rings. The van der Waals surface area contributed by atoms with Gasteiger partial charge in [-0.25, -0.2) is 4.79 Å². The van der Waals surface area contributed by atoms with Gasteiger partial charge in [-0.15, -0.1) is 0 Å². The van der Waals surface area contributed by atoms with Gasteiger partial charge in [-0.3, -0.25) is 34.2 Å². The van der Waals surface area contributed by atoms with Crippen LogP contribution in [0.25, 0.3) is 0 Å². The van der Waals surface area contributed by atoms with E-state index >= 15 is 0 Å². The van der Waals surface area contributed by atoms with Crippen molar-refractivity contribution < 1.29 is 53.6 Å². The molecule has 0 heterocycles. The van der Waals surface area contributed by atoms with E-state index in [0.29, 0.717) is 25.1 Å². The van der Waals surface area contributed by atoms with Crippen LogP contribution in [0.15, 0.2) is 0 Å². The van der Waals surface area contributed by atoms with Crippen molar-refractivity contribution >= 4 is 69.1 Å². The lowest BCUT2D eigenvalue weighted by atomic mass is 10.0. The maximum atomic E-state index is 12.8. The van der Waals surface area contributed by atoms with Crippen LogP contribution in [0.4, 0.5) is 0 Å². The number of rotatable bonds is 21. The number of carboxylic acids is 3. The number of nitrogens with one attached hydrogen (secondary N) is 5. The normalized spacial score (nSPS) is 13.4. The van der Waals surface area contributed by atoms with E-state index in [1.807, 2.05) is 0 Å². The van der Waals surface area contributed by atoms with Crippen LogP contribution in [0.2, 0.25) is 0 Å². The number of carboxylic acid groups (broad SMARTS) is 3. The Labute approximate surface area is 243 Å². The number of hydrogen-bond acceptors (Lipinski definition) is 11. The molecule has 0 saturated heterocycles. The monoisotopic (exact) mass is 624 g/mol. The first-order valence-corrected chi connectivity index (χ1v) is 14.7. The summed E-state index contributed by atoms with van der Waals surface area (Å²) in [6.07, 6.45) is -1.11. The topological polar surface area (TPSA) is 287 Å². The Morgan fingerprint density at radius 3 is 1.83 bits per heavy atom. The summed E-state index contributed by atoms with van der Waals surface area (Å²) in [6, 6.07) is -4.93. The van der Waals surface area contributed by atoms with Gasteiger partial charge in [0.2, 0.25) is 17.7 Å². The van der Waals surface area contributed by atoms with Crippen molar-refractivity contribution in [1.29, 1.82) is 5.41 Å². The lowest BCUT2D eigenvalue weighted by Crippen LogP contribution is -2.57. The minimum absolute atomic E-state index is 0.0910. The molecule has 10 N–H and O–H groups in total. The first-order valence-electron chi connectivity index (χ1n) is 12.2. The van der Waals surface area contributed by atoms with Gasteiger partial charge in [-0.05, 0) is 12.8 Å². The van der Waals surface area contributed by atoms with Gasteiger partial charge in [0.15, 0.2) is 5.96 Å². The molecule has 4 atom stereocenters. The van der Waals surface area contributed by atoms with Crippen LogP contribution >= 0.6 is 21.6 Å². The highest BCUT2D eigenvalue weighted by atomic mass is 33.1. The van der Waals surface area contributed by atoms with Gasteiger partial charge >= 0.3 is 23.9 Å². The van der Waals surface area contributed by atoms with E-state index in [4.69, 9.17) is 15.9 Å². The third-order valence-electron chi connectivity index (χ3n) is 5.01. The minimum Gasteiger partial charge on any atom is -0.481 e. The van der Waals surface area contributed by atoms with E-state index in [1.54, 1.807) is 0 Å². The van der Waals surface area contributed by atoms with Crippen LogP contribution in [0.1, 0.15) is 39.5 Å². The van der Waals surface area contributed by atoms with Crippen molar-refractivity contribution in [2.24, 2.45) is 11.7 Å². The number of amides is 3. The molecule has 0 rings (SSSR count). The van der Waals surface area contributed by atoms with E-state index in [0.717, 1.165) is 10.8 Å². The van der Waals surface area contributed by atoms with Crippen LogP contribution < -0.4 is 27.0 Å². The van der Waals surface area contributed by atoms with Crippen molar-refractivity contribution in [2.75, 3.05) is 24.7 Å². The predicted octanol–water partition coefficient (Wildman–Crippen LogP) is -1.68. The molecule has 3 amide bonds. The zero-order chi connectivity index (χ0) is 31.5. The summed E-state index contributed by atoms with van der Waals surface area (Å²) < 4.78 is 4.74. The number of hydrogen-bond donors (Lipinski definition) is 9. The Morgan fingerprint density at radius 2 is 1.37 bits per heavy atom. The second kappa shape index (κ2) is 20.2. The first kappa shape index (κ1) is 37.3. The molecule has 0 bridgehead atoms. The summed E-state index contributed by atoms with van der Waals surface area (Å²) in [6.45, 7) is 3.16. The average molecular weight is 625 g/mol. The maximum Gasteiger partial charge on any atom is 0.327 e. The number of nitrogens with two attached hydrogens (primary N) is 1. The molecule has 0 spiro atoms. The molecule has 0 aliphatic heterocycles. The van der Waals surface area contributed by atoms with Gasteiger partial charge < -0.3 is 47.1 Å². The SMILES string of the molecule is CC(=O)OCCSSC[C@H](NC(=O)[C@H](CC(=O)O)NC(=O)[C@H](CC(=O)O)NC(=O)[C@@H](C)CCCNC(=N)N)C(=O)O. The molecule has 0 aliphatic carbocycles. The van der Waals surface area contributed by atoms with E-state index in [-0.39, 0.29) is 18.3 Å². The Bertz CT molecular complexity index is 968. The van der Waals surface area contributed by atoms with Crippen molar-refractivity contribution in [3.8, 4) is 0 Å². The van der Waals surface area contributed by atoms with E-state index in [1.165, 1.54) is 24.6 Å². The molecule has 17 nitrogen and oxygen atoms in total.